The summed E-state index contributed by atoms with van der Waals surface area (Å²) in [6.07, 6.45) is 23.4. The van der Waals surface area contributed by atoms with Gasteiger partial charge in [-0.25, -0.2) is 0 Å². The van der Waals surface area contributed by atoms with Crippen LogP contribution in [0.5, 0.6) is 0 Å². The Bertz CT molecular complexity index is 629. The van der Waals surface area contributed by atoms with Crippen molar-refractivity contribution in [2.24, 2.45) is 29.1 Å². The summed E-state index contributed by atoms with van der Waals surface area (Å²) in [5.74, 6) is 3.43. The smallest absolute Gasteiger partial charge is 0.0996 e. The summed E-state index contributed by atoms with van der Waals surface area (Å²) < 4.78 is 6.51. The molecule has 0 aromatic rings. The van der Waals surface area contributed by atoms with Crippen LogP contribution in [0.4, 0.5) is 0 Å². The Balaban J connectivity index is 1.06. The molecule has 0 spiro atoms. The molecule has 6 fully saturated rings. The Morgan fingerprint density at radius 2 is 1.26 bits per heavy atom. The summed E-state index contributed by atoms with van der Waals surface area (Å²) in [5.41, 5.74) is 0.468. The lowest BCUT2D eigenvalue weighted by molar-refractivity contribution is -0.149. The van der Waals surface area contributed by atoms with Gasteiger partial charge in [-0.05, 0) is 93.3 Å². The number of nitrogens with zero attached hydrogens (tertiary/aromatic N) is 2. The summed E-state index contributed by atoms with van der Waals surface area (Å²) in [6, 6.07) is 2.45. The Morgan fingerprint density at radius 1 is 0.657 bits per heavy atom. The van der Waals surface area contributed by atoms with Crippen LogP contribution in [-0.2, 0) is 4.74 Å². The van der Waals surface area contributed by atoms with E-state index in [1.54, 1.807) is 0 Å². The van der Waals surface area contributed by atoms with E-state index in [4.69, 9.17) is 4.74 Å². The number of ether oxygens (including phenoxy) is 1. The van der Waals surface area contributed by atoms with Crippen molar-refractivity contribution in [2.75, 3.05) is 26.5 Å². The van der Waals surface area contributed by atoms with Crippen molar-refractivity contribution in [3.8, 4) is 0 Å². The average Bonchev–Trinajstić information content (AvgIpc) is 2.92. The standard InChI is InChI=1S/C31H55N3O/c1-31(2,25-13-15-29-23(17-25)19-33(21-32-29)27-9-5-3-6-10-27)26-14-16-30-24(18-26)20-34(22-35-30)28-11-7-4-8-12-28/h23-30,32H,3-22H2,1-2H3. The summed E-state index contributed by atoms with van der Waals surface area (Å²) in [5, 5.41) is 4.00. The van der Waals surface area contributed by atoms with Crippen molar-refractivity contribution in [1.29, 1.82) is 0 Å². The maximum Gasteiger partial charge on any atom is 0.0996 e. The van der Waals surface area contributed by atoms with Gasteiger partial charge in [0.25, 0.3) is 0 Å². The highest BCUT2D eigenvalue weighted by Crippen LogP contribution is 2.52. The molecule has 0 bridgehead atoms. The number of fused-ring (bicyclic) bond motifs is 2. The lowest BCUT2D eigenvalue weighted by Crippen LogP contribution is -2.59. The monoisotopic (exact) mass is 485 g/mol. The van der Waals surface area contributed by atoms with Gasteiger partial charge in [0.15, 0.2) is 0 Å². The number of hydrogen-bond acceptors (Lipinski definition) is 4. The number of nitrogens with one attached hydrogen (secondary N) is 1. The first-order valence-electron chi connectivity index (χ1n) is 15.9. The predicted octanol–water partition coefficient (Wildman–Crippen LogP) is 6.40. The minimum atomic E-state index is 0.468. The van der Waals surface area contributed by atoms with Crippen LogP contribution in [0.15, 0.2) is 0 Å². The van der Waals surface area contributed by atoms with E-state index in [-0.39, 0.29) is 0 Å². The molecular weight excluding hydrogens is 430 g/mol. The molecule has 0 amide bonds. The molecule has 0 radical (unpaired) electrons. The molecule has 2 aliphatic heterocycles. The Kier molecular flexibility index (Phi) is 7.83. The third-order valence-electron chi connectivity index (χ3n) is 12.1. The minimum Gasteiger partial charge on any atom is -0.363 e. The van der Waals surface area contributed by atoms with Gasteiger partial charge in [0.05, 0.1) is 12.8 Å². The molecule has 200 valence electrons. The molecule has 6 aliphatic rings. The largest absolute Gasteiger partial charge is 0.363 e. The molecule has 2 heterocycles. The average molecular weight is 486 g/mol. The first-order chi connectivity index (χ1) is 17.1. The molecule has 4 saturated carbocycles. The van der Waals surface area contributed by atoms with Gasteiger partial charge in [0.2, 0.25) is 0 Å². The fourth-order valence-corrected chi connectivity index (χ4v) is 9.64. The van der Waals surface area contributed by atoms with Gasteiger partial charge in [-0.3, -0.25) is 9.80 Å². The molecule has 2 saturated heterocycles. The van der Waals surface area contributed by atoms with E-state index in [9.17, 15) is 0 Å². The van der Waals surface area contributed by atoms with Gasteiger partial charge in [-0.2, -0.15) is 0 Å². The number of rotatable bonds is 4. The van der Waals surface area contributed by atoms with Gasteiger partial charge in [0, 0.05) is 37.9 Å². The molecule has 0 aromatic heterocycles. The van der Waals surface area contributed by atoms with Crippen molar-refractivity contribution in [1.82, 2.24) is 15.1 Å². The molecule has 0 aromatic carbocycles. The van der Waals surface area contributed by atoms with Crippen LogP contribution in [0, 0.1) is 29.1 Å². The van der Waals surface area contributed by atoms with E-state index in [2.05, 4.69) is 29.0 Å². The molecule has 4 nitrogen and oxygen atoms in total. The van der Waals surface area contributed by atoms with E-state index < -0.39 is 0 Å². The quantitative estimate of drug-likeness (QED) is 0.499. The van der Waals surface area contributed by atoms with Crippen LogP contribution >= 0.6 is 0 Å². The van der Waals surface area contributed by atoms with Gasteiger partial charge < -0.3 is 10.1 Å². The van der Waals surface area contributed by atoms with E-state index in [1.165, 1.54) is 116 Å². The van der Waals surface area contributed by atoms with Crippen molar-refractivity contribution in [3.05, 3.63) is 0 Å². The van der Waals surface area contributed by atoms with Crippen LogP contribution in [0.1, 0.15) is 117 Å². The van der Waals surface area contributed by atoms with Crippen LogP contribution in [0.2, 0.25) is 0 Å². The highest BCUT2D eigenvalue weighted by Gasteiger charge is 2.47. The van der Waals surface area contributed by atoms with Crippen LogP contribution in [-0.4, -0.2) is 60.5 Å². The summed E-state index contributed by atoms with van der Waals surface area (Å²) in [7, 11) is 0. The molecule has 6 rings (SSSR count). The first-order valence-corrected chi connectivity index (χ1v) is 15.9. The summed E-state index contributed by atoms with van der Waals surface area (Å²) in [6.45, 7) is 10.1. The topological polar surface area (TPSA) is 27.7 Å². The van der Waals surface area contributed by atoms with E-state index in [1.807, 2.05) is 0 Å². The van der Waals surface area contributed by atoms with Gasteiger partial charge in [-0.15, -0.1) is 0 Å². The Morgan fingerprint density at radius 3 is 1.97 bits per heavy atom. The number of hydrogen-bond donors (Lipinski definition) is 1. The normalized spacial score (nSPS) is 41.3. The van der Waals surface area contributed by atoms with Gasteiger partial charge in [0.1, 0.15) is 0 Å². The highest BCUT2D eigenvalue weighted by molar-refractivity contribution is 4.99. The molecule has 6 unspecified atom stereocenters. The van der Waals surface area contributed by atoms with E-state index in [0.29, 0.717) is 11.5 Å². The third kappa shape index (κ3) is 5.38. The fraction of sp³-hybridized carbons (Fsp3) is 1.00. The zero-order valence-electron chi connectivity index (χ0n) is 23.1. The SMILES string of the molecule is CC(C)(C1CCC2NCN(C3CCCCC3)CC2C1)C1CCC2OCN(C3CCCCC3)CC2C1. The maximum absolute atomic E-state index is 6.51. The van der Waals surface area contributed by atoms with Crippen molar-refractivity contribution in [2.45, 2.75) is 141 Å². The second kappa shape index (κ2) is 10.9. The molecular formula is C31H55N3O. The summed E-state index contributed by atoms with van der Waals surface area (Å²) in [4.78, 5) is 5.59. The zero-order chi connectivity index (χ0) is 23.8. The van der Waals surface area contributed by atoms with Crippen LogP contribution < -0.4 is 5.32 Å². The lowest BCUT2D eigenvalue weighted by atomic mass is 9.57. The second-order valence-corrected chi connectivity index (χ2v) is 14.3. The highest BCUT2D eigenvalue weighted by atomic mass is 16.5. The van der Waals surface area contributed by atoms with Crippen molar-refractivity contribution < 1.29 is 4.74 Å². The summed E-state index contributed by atoms with van der Waals surface area (Å²) >= 11 is 0. The van der Waals surface area contributed by atoms with E-state index in [0.717, 1.165) is 55.2 Å². The second-order valence-electron chi connectivity index (χ2n) is 14.3. The van der Waals surface area contributed by atoms with E-state index >= 15 is 0 Å². The first kappa shape index (κ1) is 25.1. The Hall–Kier alpha value is -0.160. The van der Waals surface area contributed by atoms with Crippen LogP contribution in [0.3, 0.4) is 0 Å². The zero-order valence-corrected chi connectivity index (χ0v) is 23.1. The fourth-order valence-electron chi connectivity index (χ4n) is 9.64. The van der Waals surface area contributed by atoms with Gasteiger partial charge in [-0.1, -0.05) is 52.4 Å². The third-order valence-corrected chi connectivity index (χ3v) is 12.1. The predicted molar refractivity (Wildman–Crippen MR) is 144 cm³/mol. The van der Waals surface area contributed by atoms with Crippen molar-refractivity contribution >= 4 is 0 Å². The molecule has 4 aliphatic carbocycles. The maximum atomic E-state index is 6.51. The Labute approximate surface area is 216 Å². The molecule has 35 heavy (non-hydrogen) atoms. The molecule has 6 atom stereocenters. The lowest BCUT2D eigenvalue weighted by Gasteiger charge is -2.54. The van der Waals surface area contributed by atoms with Crippen molar-refractivity contribution in [3.63, 3.8) is 0 Å². The van der Waals surface area contributed by atoms with Gasteiger partial charge >= 0.3 is 0 Å². The molecule has 4 heteroatoms. The van der Waals surface area contributed by atoms with Crippen LogP contribution in [0.25, 0.3) is 0 Å². The molecule has 1 N–H and O–H groups in total. The minimum absolute atomic E-state index is 0.468.